The molecule has 0 aromatic carbocycles. The lowest BCUT2D eigenvalue weighted by molar-refractivity contribution is 0.145. The van der Waals surface area contributed by atoms with Crippen molar-refractivity contribution in [2.45, 2.75) is 58.8 Å². The minimum Gasteiger partial charge on any atom is -0.383 e. The van der Waals surface area contributed by atoms with Crippen LogP contribution in [-0.4, -0.2) is 26.8 Å². The van der Waals surface area contributed by atoms with Crippen LogP contribution in [0, 0.1) is 11.3 Å². The first-order valence-electron chi connectivity index (χ1n) is 7.38. The standard InChI is InChI=1S/C15H31NO/c1-14(2)7-10-15(8-5-4-6-9-15)13-16-11-12-17-3/h14,16H,4-13H2,1-3H3. The fraction of sp³-hybridized carbons (Fsp3) is 1.00. The third-order valence-corrected chi connectivity index (χ3v) is 4.15. The van der Waals surface area contributed by atoms with Crippen molar-refractivity contribution in [2.24, 2.45) is 11.3 Å². The summed E-state index contributed by atoms with van der Waals surface area (Å²) in [6.45, 7) is 7.72. The molecule has 17 heavy (non-hydrogen) atoms. The van der Waals surface area contributed by atoms with Gasteiger partial charge in [-0.05, 0) is 30.6 Å². The second-order valence-electron chi connectivity index (χ2n) is 6.16. The average Bonchev–Trinajstić information content (AvgIpc) is 2.34. The van der Waals surface area contributed by atoms with E-state index in [1.165, 1.54) is 51.5 Å². The Morgan fingerprint density at radius 2 is 1.88 bits per heavy atom. The SMILES string of the molecule is COCCNCC1(CCC(C)C)CCCCC1. The van der Waals surface area contributed by atoms with Gasteiger partial charge in [0.25, 0.3) is 0 Å². The quantitative estimate of drug-likeness (QED) is 0.656. The lowest BCUT2D eigenvalue weighted by atomic mass is 9.70. The molecule has 0 heterocycles. The van der Waals surface area contributed by atoms with E-state index in [0.717, 1.165) is 19.1 Å². The smallest absolute Gasteiger partial charge is 0.0587 e. The van der Waals surface area contributed by atoms with Crippen molar-refractivity contribution in [3.05, 3.63) is 0 Å². The third-order valence-electron chi connectivity index (χ3n) is 4.15. The van der Waals surface area contributed by atoms with Gasteiger partial charge in [0.2, 0.25) is 0 Å². The average molecular weight is 241 g/mol. The first kappa shape index (κ1) is 15.0. The molecule has 2 heteroatoms. The van der Waals surface area contributed by atoms with Crippen molar-refractivity contribution >= 4 is 0 Å². The van der Waals surface area contributed by atoms with Crippen LogP contribution in [0.4, 0.5) is 0 Å². The molecule has 0 aromatic rings. The summed E-state index contributed by atoms with van der Waals surface area (Å²) in [7, 11) is 1.77. The lowest BCUT2D eigenvalue weighted by Gasteiger charge is -2.38. The fourth-order valence-corrected chi connectivity index (χ4v) is 2.94. The van der Waals surface area contributed by atoms with Crippen molar-refractivity contribution in [2.75, 3.05) is 26.8 Å². The maximum absolute atomic E-state index is 5.10. The predicted octanol–water partition coefficient (Wildman–Crippen LogP) is 3.61. The molecule has 1 aliphatic carbocycles. The molecular formula is C15H31NO. The first-order valence-corrected chi connectivity index (χ1v) is 7.38. The molecule has 0 amide bonds. The highest BCUT2D eigenvalue weighted by Gasteiger charge is 2.31. The van der Waals surface area contributed by atoms with Gasteiger partial charge < -0.3 is 10.1 Å². The summed E-state index contributed by atoms with van der Waals surface area (Å²) in [4.78, 5) is 0. The van der Waals surface area contributed by atoms with Crippen LogP contribution in [0.2, 0.25) is 0 Å². The van der Waals surface area contributed by atoms with Crippen molar-refractivity contribution in [1.29, 1.82) is 0 Å². The van der Waals surface area contributed by atoms with Gasteiger partial charge in [-0.2, -0.15) is 0 Å². The molecule has 1 fully saturated rings. The highest BCUT2D eigenvalue weighted by Crippen LogP contribution is 2.40. The molecule has 2 nitrogen and oxygen atoms in total. The van der Waals surface area contributed by atoms with Crippen LogP contribution >= 0.6 is 0 Å². The monoisotopic (exact) mass is 241 g/mol. The molecule has 0 radical (unpaired) electrons. The molecule has 0 bridgehead atoms. The van der Waals surface area contributed by atoms with Gasteiger partial charge in [0.1, 0.15) is 0 Å². The molecule has 1 N–H and O–H groups in total. The molecule has 0 aliphatic heterocycles. The van der Waals surface area contributed by atoms with Crippen molar-refractivity contribution < 1.29 is 4.74 Å². The zero-order valence-corrected chi connectivity index (χ0v) is 12.1. The Balaban J connectivity index is 2.35. The van der Waals surface area contributed by atoms with Crippen LogP contribution in [0.25, 0.3) is 0 Å². The van der Waals surface area contributed by atoms with Crippen LogP contribution in [0.15, 0.2) is 0 Å². The number of nitrogens with one attached hydrogen (secondary N) is 1. The van der Waals surface area contributed by atoms with Gasteiger partial charge in [0.15, 0.2) is 0 Å². The Kier molecular flexibility index (Phi) is 7.14. The predicted molar refractivity (Wildman–Crippen MR) is 74.3 cm³/mol. The normalized spacial score (nSPS) is 19.8. The topological polar surface area (TPSA) is 21.3 Å². The van der Waals surface area contributed by atoms with E-state index >= 15 is 0 Å². The Bertz CT molecular complexity index is 185. The Labute approximate surface area is 108 Å². The summed E-state index contributed by atoms with van der Waals surface area (Å²) in [6, 6.07) is 0. The van der Waals surface area contributed by atoms with E-state index in [4.69, 9.17) is 4.74 Å². The number of hydrogen-bond acceptors (Lipinski definition) is 2. The fourth-order valence-electron chi connectivity index (χ4n) is 2.94. The van der Waals surface area contributed by atoms with Crippen LogP contribution in [0.3, 0.4) is 0 Å². The summed E-state index contributed by atoms with van der Waals surface area (Å²) in [5, 5.41) is 3.60. The molecule has 0 aromatic heterocycles. The molecule has 102 valence electrons. The van der Waals surface area contributed by atoms with Gasteiger partial charge in [0, 0.05) is 20.2 Å². The molecule has 0 saturated heterocycles. The van der Waals surface area contributed by atoms with Gasteiger partial charge in [-0.25, -0.2) is 0 Å². The third kappa shape index (κ3) is 5.87. The Hall–Kier alpha value is -0.0800. The Morgan fingerprint density at radius 3 is 2.47 bits per heavy atom. The first-order chi connectivity index (χ1) is 8.18. The molecule has 1 saturated carbocycles. The van der Waals surface area contributed by atoms with Gasteiger partial charge in [-0.15, -0.1) is 0 Å². The van der Waals surface area contributed by atoms with Crippen LogP contribution in [0.1, 0.15) is 58.8 Å². The van der Waals surface area contributed by atoms with Crippen LogP contribution in [0.5, 0.6) is 0 Å². The maximum atomic E-state index is 5.10. The molecule has 0 unspecified atom stereocenters. The van der Waals surface area contributed by atoms with Gasteiger partial charge >= 0.3 is 0 Å². The van der Waals surface area contributed by atoms with E-state index < -0.39 is 0 Å². The van der Waals surface area contributed by atoms with E-state index in [1.54, 1.807) is 7.11 Å². The summed E-state index contributed by atoms with van der Waals surface area (Å²) >= 11 is 0. The molecule has 1 rings (SSSR count). The molecule has 0 spiro atoms. The van der Waals surface area contributed by atoms with Crippen LogP contribution < -0.4 is 5.32 Å². The summed E-state index contributed by atoms with van der Waals surface area (Å²) in [5.41, 5.74) is 0.594. The zero-order valence-electron chi connectivity index (χ0n) is 12.1. The van der Waals surface area contributed by atoms with E-state index in [-0.39, 0.29) is 0 Å². The second kappa shape index (κ2) is 8.10. The number of hydrogen-bond donors (Lipinski definition) is 1. The maximum Gasteiger partial charge on any atom is 0.0587 e. The Morgan fingerprint density at radius 1 is 1.18 bits per heavy atom. The van der Waals surface area contributed by atoms with Crippen molar-refractivity contribution in [3.8, 4) is 0 Å². The van der Waals surface area contributed by atoms with E-state index in [0.29, 0.717) is 5.41 Å². The van der Waals surface area contributed by atoms with Crippen molar-refractivity contribution in [3.63, 3.8) is 0 Å². The van der Waals surface area contributed by atoms with Crippen LogP contribution in [-0.2, 0) is 4.74 Å². The van der Waals surface area contributed by atoms with Gasteiger partial charge in [-0.1, -0.05) is 39.5 Å². The summed E-state index contributed by atoms with van der Waals surface area (Å²) in [6.07, 6.45) is 9.96. The molecule has 0 atom stereocenters. The number of ether oxygens (including phenoxy) is 1. The molecule has 1 aliphatic rings. The van der Waals surface area contributed by atoms with E-state index in [2.05, 4.69) is 19.2 Å². The van der Waals surface area contributed by atoms with E-state index in [9.17, 15) is 0 Å². The number of methoxy groups -OCH3 is 1. The zero-order chi connectivity index (χ0) is 12.6. The van der Waals surface area contributed by atoms with Gasteiger partial charge in [-0.3, -0.25) is 0 Å². The minimum absolute atomic E-state index is 0.594. The summed E-state index contributed by atoms with van der Waals surface area (Å²) in [5.74, 6) is 0.841. The number of rotatable bonds is 8. The largest absolute Gasteiger partial charge is 0.383 e. The summed E-state index contributed by atoms with van der Waals surface area (Å²) < 4.78 is 5.10. The highest BCUT2D eigenvalue weighted by atomic mass is 16.5. The highest BCUT2D eigenvalue weighted by molar-refractivity contribution is 4.85. The van der Waals surface area contributed by atoms with Gasteiger partial charge in [0.05, 0.1) is 6.61 Å². The second-order valence-corrected chi connectivity index (χ2v) is 6.16. The minimum atomic E-state index is 0.594. The lowest BCUT2D eigenvalue weighted by Crippen LogP contribution is -2.37. The molecular weight excluding hydrogens is 210 g/mol. The van der Waals surface area contributed by atoms with E-state index in [1.807, 2.05) is 0 Å². The van der Waals surface area contributed by atoms with Crippen molar-refractivity contribution in [1.82, 2.24) is 5.32 Å².